The molecule has 14 heavy (non-hydrogen) atoms. The fraction of sp³-hybridized carbons (Fsp3) is 0.778. The molecule has 0 bridgehead atoms. The van der Waals surface area contributed by atoms with E-state index in [0.717, 1.165) is 19.1 Å². The third kappa shape index (κ3) is 6.09. The van der Waals surface area contributed by atoms with Crippen LogP contribution in [-0.4, -0.2) is 34.8 Å². The fourth-order valence-electron chi connectivity index (χ4n) is 1.31. The van der Waals surface area contributed by atoms with Crippen molar-refractivity contribution in [3.05, 3.63) is 0 Å². The lowest BCUT2D eigenvalue weighted by atomic mass is 10.3. The number of carbonyl (C=O) groups is 1. The first-order chi connectivity index (χ1) is 6.59. The second-order valence-electron chi connectivity index (χ2n) is 3.96. The van der Waals surface area contributed by atoms with Gasteiger partial charge in [-0.15, -0.1) is 0 Å². The van der Waals surface area contributed by atoms with Gasteiger partial charge in [-0.1, -0.05) is 26.2 Å². The molecule has 0 aromatic heterocycles. The zero-order valence-corrected chi connectivity index (χ0v) is 12.0. The lowest BCUT2D eigenvalue weighted by Crippen LogP contribution is -2.38. The number of aldehydes is 1. The van der Waals surface area contributed by atoms with Gasteiger partial charge in [0.05, 0.1) is 0 Å². The van der Waals surface area contributed by atoms with Crippen LogP contribution in [0, 0.1) is 0 Å². The van der Waals surface area contributed by atoms with Crippen LogP contribution in [0.2, 0.25) is 26.2 Å². The summed E-state index contributed by atoms with van der Waals surface area (Å²) in [5, 5.41) is 4.51. The Balaban J connectivity index is 3.84. The zero-order valence-electron chi connectivity index (χ0n) is 9.73. The van der Waals surface area contributed by atoms with E-state index in [1.165, 1.54) is 0 Å². The largest absolute Gasteiger partial charge is 0.355 e. The summed E-state index contributed by atoms with van der Waals surface area (Å²) in [5.41, 5.74) is 0. The van der Waals surface area contributed by atoms with E-state index < -0.39 is 17.9 Å². The molecule has 0 saturated carbocycles. The lowest BCUT2D eigenvalue weighted by molar-refractivity contribution is -0.107. The van der Waals surface area contributed by atoms with Crippen LogP contribution in [0.1, 0.15) is 19.3 Å². The van der Waals surface area contributed by atoms with Crippen LogP contribution in [0.25, 0.3) is 0 Å². The van der Waals surface area contributed by atoms with Crippen LogP contribution < -0.4 is 0 Å². The smallest absolute Gasteiger partial charge is 0.144 e. The zero-order chi connectivity index (χ0) is 11.0. The Morgan fingerprint density at radius 3 is 2.14 bits per heavy atom. The Bertz CT molecular complexity index is 176. The summed E-state index contributed by atoms with van der Waals surface area (Å²) >= 11 is 0. The van der Waals surface area contributed by atoms with E-state index in [1.807, 2.05) is 6.21 Å². The van der Waals surface area contributed by atoms with Crippen molar-refractivity contribution < 1.29 is 4.79 Å². The van der Waals surface area contributed by atoms with Gasteiger partial charge in [-0.2, -0.15) is 0 Å². The standard InChI is InChI=1S/C9H22N2OSi2/c1-13(2)11(14(3)4)10-8-6-5-7-9-12/h8-9,13-14H,5-7H2,1-4H3. The molecule has 0 aliphatic heterocycles. The second-order valence-corrected chi connectivity index (χ2v) is 9.99. The van der Waals surface area contributed by atoms with Gasteiger partial charge in [0, 0.05) is 12.6 Å². The van der Waals surface area contributed by atoms with Gasteiger partial charge in [-0.3, -0.25) is 0 Å². The monoisotopic (exact) mass is 230 g/mol. The molecule has 0 aromatic carbocycles. The Morgan fingerprint density at radius 1 is 1.14 bits per heavy atom. The van der Waals surface area contributed by atoms with Crippen LogP contribution in [-0.2, 0) is 4.79 Å². The first-order valence-corrected chi connectivity index (χ1v) is 11.0. The molecule has 0 radical (unpaired) electrons. The molecule has 0 saturated heterocycles. The second kappa shape index (κ2) is 7.93. The number of hydrazone groups is 1. The van der Waals surface area contributed by atoms with Crippen LogP contribution in [0.4, 0.5) is 0 Å². The van der Waals surface area contributed by atoms with E-state index in [2.05, 4.69) is 35.6 Å². The van der Waals surface area contributed by atoms with E-state index in [1.54, 1.807) is 0 Å². The molecule has 0 aliphatic carbocycles. The highest BCUT2D eigenvalue weighted by Crippen LogP contribution is 2.00. The first kappa shape index (κ1) is 13.6. The molecule has 0 heterocycles. The van der Waals surface area contributed by atoms with E-state index in [0.29, 0.717) is 6.42 Å². The molecule has 0 N–H and O–H groups in total. The third-order valence-electron chi connectivity index (χ3n) is 1.93. The fourth-order valence-corrected chi connectivity index (χ4v) is 6.80. The highest BCUT2D eigenvalue weighted by molar-refractivity contribution is 6.69. The molecule has 0 rings (SSSR count). The summed E-state index contributed by atoms with van der Waals surface area (Å²) in [6.45, 7) is 9.21. The van der Waals surface area contributed by atoms with Crippen molar-refractivity contribution in [3.63, 3.8) is 0 Å². The number of hydrogen-bond acceptors (Lipinski definition) is 3. The Labute approximate surface area is 90.6 Å². The molecule has 0 unspecified atom stereocenters. The number of rotatable bonds is 7. The van der Waals surface area contributed by atoms with Gasteiger partial charge in [0.1, 0.15) is 24.2 Å². The normalized spacial score (nSPS) is 11.6. The van der Waals surface area contributed by atoms with Crippen LogP contribution in [0.15, 0.2) is 5.10 Å². The summed E-state index contributed by atoms with van der Waals surface area (Å²) in [7, 11) is -1.55. The summed E-state index contributed by atoms with van der Waals surface area (Å²) in [6.07, 6.45) is 5.46. The van der Waals surface area contributed by atoms with Gasteiger partial charge >= 0.3 is 0 Å². The highest BCUT2D eigenvalue weighted by Gasteiger charge is 2.11. The minimum atomic E-state index is -0.775. The molecular weight excluding hydrogens is 208 g/mol. The first-order valence-electron chi connectivity index (χ1n) is 5.34. The van der Waals surface area contributed by atoms with Crippen LogP contribution >= 0.6 is 0 Å². The van der Waals surface area contributed by atoms with E-state index in [-0.39, 0.29) is 0 Å². The van der Waals surface area contributed by atoms with Crippen molar-refractivity contribution in [2.75, 3.05) is 0 Å². The van der Waals surface area contributed by atoms with Crippen molar-refractivity contribution in [2.45, 2.75) is 45.5 Å². The van der Waals surface area contributed by atoms with Crippen molar-refractivity contribution in [1.29, 1.82) is 0 Å². The predicted molar refractivity (Wildman–Crippen MR) is 68.0 cm³/mol. The van der Waals surface area contributed by atoms with Crippen LogP contribution in [0.3, 0.4) is 0 Å². The average Bonchev–Trinajstić information content (AvgIpc) is 2.09. The summed E-state index contributed by atoms with van der Waals surface area (Å²) in [4.78, 5) is 10.1. The van der Waals surface area contributed by atoms with Crippen molar-refractivity contribution in [2.24, 2.45) is 5.10 Å². The minimum Gasteiger partial charge on any atom is -0.355 e. The van der Waals surface area contributed by atoms with Gasteiger partial charge in [-0.25, -0.2) is 5.10 Å². The molecule has 3 nitrogen and oxygen atoms in total. The molecule has 0 amide bonds. The number of unbranched alkanes of at least 4 members (excludes halogenated alkanes) is 2. The highest BCUT2D eigenvalue weighted by atomic mass is 28.3. The van der Waals surface area contributed by atoms with Gasteiger partial charge in [0.15, 0.2) is 0 Å². The molecule has 0 spiro atoms. The Hall–Kier alpha value is -0.426. The number of carbonyl (C=O) groups excluding carboxylic acids is 1. The van der Waals surface area contributed by atoms with Gasteiger partial charge < -0.3 is 9.13 Å². The molecule has 0 aliphatic rings. The molecule has 0 aromatic rings. The number of nitrogens with zero attached hydrogens (tertiary/aromatic N) is 2. The van der Waals surface area contributed by atoms with Gasteiger partial charge in [-0.05, 0) is 12.8 Å². The maximum absolute atomic E-state index is 10.1. The summed E-state index contributed by atoms with van der Waals surface area (Å²) in [5.74, 6) is 0. The maximum atomic E-state index is 10.1. The Kier molecular flexibility index (Phi) is 7.69. The van der Waals surface area contributed by atoms with Gasteiger partial charge in [0.2, 0.25) is 0 Å². The maximum Gasteiger partial charge on any atom is 0.144 e. The molecule has 0 fully saturated rings. The van der Waals surface area contributed by atoms with Crippen molar-refractivity contribution in [1.82, 2.24) is 4.34 Å². The number of hydrogen-bond donors (Lipinski definition) is 0. The summed E-state index contributed by atoms with van der Waals surface area (Å²) in [6, 6.07) is 0. The average molecular weight is 230 g/mol. The molecule has 5 heteroatoms. The Morgan fingerprint density at radius 2 is 1.71 bits per heavy atom. The quantitative estimate of drug-likeness (QED) is 0.219. The van der Waals surface area contributed by atoms with Crippen molar-refractivity contribution >= 4 is 30.4 Å². The van der Waals surface area contributed by atoms with Crippen LogP contribution in [0.5, 0.6) is 0 Å². The molecule has 0 atom stereocenters. The molecular formula is C9H22N2OSi2. The van der Waals surface area contributed by atoms with E-state index >= 15 is 0 Å². The third-order valence-corrected chi connectivity index (χ3v) is 7.89. The SMILES string of the molecule is C[SiH](C)N(N=CCCCC=O)[SiH](C)C. The van der Waals surface area contributed by atoms with Crippen molar-refractivity contribution in [3.8, 4) is 0 Å². The lowest BCUT2D eigenvalue weighted by Gasteiger charge is -2.26. The molecule has 82 valence electrons. The topological polar surface area (TPSA) is 32.7 Å². The van der Waals surface area contributed by atoms with Gasteiger partial charge in [0.25, 0.3) is 0 Å². The van der Waals surface area contributed by atoms with E-state index in [4.69, 9.17) is 0 Å². The minimum absolute atomic E-state index is 0.657. The predicted octanol–water partition coefficient (Wildman–Crippen LogP) is 1.61. The summed E-state index contributed by atoms with van der Waals surface area (Å²) < 4.78 is 2.35. The van der Waals surface area contributed by atoms with E-state index in [9.17, 15) is 4.79 Å².